The summed E-state index contributed by atoms with van der Waals surface area (Å²) >= 11 is 1.63. The summed E-state index contributed by atoms with van der Waals surface area (Å²) in [5, 5.41) is 0. The molecule has 5 heteroatoms. The van der Waals surface area contributed by atoms with Crippen molar-refractivity contribution in [3.63, 3.8) is 0 Å². The van der Waals surface area contributed by atoms with Gasteiger partial charge in [-0.2, -0.15) is 0 Å². The Labute approximate surface area is 149 Å². The number of carbonyl (C=O) groups excluding carboxylic acids is 2. The maximum atomic E-state index is 12.4. The van der Waals surface area contributed by atoms with Gasteiger partial charge in [-0.05, 0) is 36.6 Å². The molecule has 2 amide bonds. The number of amides is 2. The fourth-order valence-corrected chi connectivity index (χ4v) is 3.90. The van der Waals surface area contributed by atoms with E-state index in [1.165, 1.54) is 9.78 Å². The minimum atomic E-state index is -0.197. The molecule has 0 saturated heterocycles. The highest BCUT2D eigenvalue weighted by atomic mass is 32.1. The molecule has 0 aliphatic carbocycles. The molecule has 2 heterocycles. The van der Waals surface area contributed by atoms with Gasteiger partial charge in [0.05, 0.1) is 27.2 Å². The van der Waals surface area contributed by atoms with Gasteiger partial charge in [0.15, 0.2) is 0 Å². The molecule has 0 bridgehead atoms. The van der Waals surface area contributed by atoms with Gasteiger partial charge in [0.2, 0.25) is 0 Å². The summed E-state index contributed by atoms with van der Waals surface area (Å²) in [6.45, 7) is 2.40. The normalized spacial score (nSPS) is 13.4. The number of aryl methyl sites for hydroxylation is 1. The van der Waals surface area contributed by atoms with Crippen LogP contribution in [0.3, 0.4) is 0 Å². The smallest absolute Gasteiger partial charge is 0.261 e. The SMILES string of the molecule is Cc1ncsc1-c1ccc(CCN2C(=O)c3ccccc3C2=O)cc1. The number of aromatic nitrogens is 1. The number of nitrogens with zero attached hydrogens (tertiary/aromatic N) is 2. The van der Waals surface area contributed by atoms with Gasteiger partial charge in [0, 0.05) is 6.54 Å². The molecule has 0 fully saturated rings. The maximum absolute atomic E-state index is 12.4. The molecule has 1 aromatic heterocycles. The number of rotatable bonds is 4. The van der Waals surface area contributed by atoms with Crippen molar-refractivity contribution in [1.29, 1.82) is 0 Å². The average molecular weight is 348 g/mol. The van der Waals surface area contributed by atoms with Crippen molar-refractivity contribution >= 4 is 23.2 Å². The first-order valence-corrected chi connectivity index (χ1v) is 8.98. The van der Waals surface area contributed by atoms with Gasteiger partial charge in [-0.3, -0.25) is 14.5 Å². The second-order valence-corrected chi connectivity index (χ2v) is 6.88. The van der Waals surface area contributed by atoms with Crippen LogP contribution >= 0.6 is 11.3 Å². The average Bonchev–Trinajstić information content (AvgIpc) is 3.17. The fraction of sp³-hybridized carbons (Fsp3) is 0.150. The Morgan fingerprint density at radius 2 is 1.60 bits per heavy atom. The summed E-state index contributed by atoms with van der Waals surface area (Å²) in [5.74, 6) is -0.394. The third-order valence-electron chi connectivity index (χ3n) is 4.46. The molecule has 4 nitrogen and oxygen atoms in total. The predicted octanol–water partition coefficient (Wildman–Crippen LogP) is 3.96. The number of imide groups is 1. The van der Waals surface area contributed by atoms with E-state index in [0.29, 0.717) is 24.1 Å². The van der Waals surface area contributed by atoms with Crippen LogP contribution in [-0.2, 0) is 6.42 Å². The Morgan fingerprint density at radius 1 is 0.960 bits per heavy atom. The number of hydrogen-bond acceptors (Lipinski definition) is 4. The van der Waals surface area contributed by atoms with Gasteiger partial charge in [-0.15, -0.1) is 11.3 Å². The standard InChI is InChI=1S/C20H16N2O2S/c1-13-18(25-12-21-13)15-8-6-14(7-9-15)10-11-22-19(23)16-4-2-3-5-17(16)20(22)24/h2-9,12H,10-11H2,1H3. The van der Waals surface area contributed by atoms with E-state index in [1.807, 2.05) is 24.6 Å². The summed E-state index contributed by atoms with van der Waals surface area (Å²) < 4.78 is 0. The lowest BCUT2D eigenvalue weighted by molar-refractivity contribution is 0.0656. The van der Waals surface area contributed by atoms with Gasteiger partial charge in [0.25, 0.3) is 11.8 Å². The number of hydrogen-bond donors (Lipinski definition) is 0. The van der Waals surface area contributed by atoms with E-state index in [0.717, 1.165) is 16.8 Å². The van der Waals surface area contributed by atoms with Crippen molar-refractivity contribution in [3.8, 4) is 10.4 Å². The summed E-state index contributed by atoms with van der Waals surface area (Å²) in [6.07, 6.45) is 0.646. The van der Waals surface area contributed by atoms with Crippen LogP contribution in [0.25, 0.3) is 10.4 Å². The van der Waals surface area contributed by atoms with Gasteiger partial charge in [0.1, 0.15) is 0 Å². The molecule has 0 saturated carbocycles. The Kier molecular flexibility index (Phi) is 3.93. The van der Waals surface area contributed by atoms with Crippen LogP contribution in [0.15, 0.2) is 54.0 Å². The molecule has 3 aromatic rings. The van der Waals surface area contributed by atoms with Gasteiger partial charge in [-0.25, -0.2) is 4.98 Å². The molecular formula is C20H16N2O2S. The summed E-state index contributed by atoms with van der Waals surface area (Å²) in [6, 6.07) is 15.2. The molecule has 4 rings (SSSR count). The van der Waals surface area contributed by atoms with E-state index in [9.17, 15) is 9.59 Å². The number of thiazole rings is 1. The highest BCUT2D eigenvalue weighted by Gasteiger charge is 2.34. The number of fused-ring (bicyclic) bond motifs is 1. The van der Waals surface area contributed by atoms with Crippen molar-refractivity contribution in [2.45, 2.75) is 13.3 Å². The minimum absolute atomic E-state index is 0.197. The zero-order chi connectivity index (χ0) is 17.4. The van der Waals surface area contributed by atoms with E-state index in [2.05, 4.69) is 17.1 Å². The third-order valence-corrected chi connectivity index (χ3v) is 5.44. The van der Waals surface area contributed by atoms with E-state index in [1.54, 1.807) is 35.6 Å². The van der Waals surface area contributed by atoms with Crippen molar-refractivity contribution in [3.05, 3.63) is 76.4 Å². The van der Waals surface area contributed by atoms with E-state index >= 15 is 0 Å². The molecule has 0 N–H and O–H groups in total. The van der Waals surface area contributed by atoms with Gasteiger partial charge >= 0.3 is 0 Å². The van der Waals surface area contributed by atoms with Crippen LogP contribution in [0.4, 0.5) is 0 Å². The first-order chi connectivity index (χ1) is 12.1. The van der Waals surface area contributed by atoms with Crippen LogP contribution < -0.4 is 0 Å². The monoisotopic (exact) mass is 348 g/mol. The minimum Gasteiger partial charge on any atom is -0.274 e. The maximum Gasteiger partial charge on any atom is 0.261 e. The van der Waals surface area contributed by atoms with Crippen molar-refractivity contribution in [2.75, 3.05) is 6.54 Å². The number of benzene rings is 2. The Hall–Kier alpha value is -2.79. The van der Waals surface area contributed by atoms with E-state index < -0.39 is 0 Å². The molecular weight excluding hydrogens is 332 g/mol. The largest absolute Gasteiger partial charge is 0.274 e. The van der Waals surface area contributed by atoms with Crippen molar-refractivity contribution in [1.82, 2.24) is 9.88 Å². The molecule has 0 radical (unpaired) electrons. The first-order valence-electron chi connectivity index (χ1n) is 8.10. The van der Waals surface area contributed by atoms with Crippen LogP contribution in [0.2, 0.25) is 0 Å². The lowest BCUT2D eigenvalue weighted by Gasteiger charge is -2.13. The highest BCUT2D eigenvalue weighted by Crippen LogP contribution is 2.27. The molecule has 1 aliphatic rings. The Balaban J connectivity index is 1.47. The van der Waals surface area contributed by atoms with Gasteiger partial charge in [-0.1, -0.05) is 36.4 Å². The lowest BCUT2D eigenvalue weighted by Crippen LogP contribution is -2.31. The second-order valence-electron chi connectivity index (χ2n) is 6.02. The molecule has 0 atom stereocenters. The third kappa shape index (κ3) is 2.76. The Bertz CT molecular complexity index is 925. The quantitative estimate of drug-likeness (QED) is 0.671. The van der Waals surface area contributed by atoms with Crippen LogP contribution in [0.5, 0.6) is 0 Å². The van der Waals surface area contributed by atoms with E-state index in [4.69, 9.17) is 0 Å². The predicted molar refractivity (Wildman–Crippen MR) is 97.8 cm³/mol. The Morgan fingerprint density at radius 3 is 2.16 bits per heavy atom. The van der Waals surface area contributed by atoms with Gasteiger partial charge < -0.3 is 0 Å². The summed E-state index contributed by atoms with van der Waals surface area (Å²) in [4.78, 5) is 31.5. The van der Waals surface area contributed by atoms with Crippen LogP contribution in [0.1, 0.15) is 32.0 Å². The zero-order valence-corrected chi connectivity index (χ0v) is 14.5. The van der Waals surface area contributed by atoms with Crippen molar-refractivity contribution in [2.24, 2.45) is 0 Å². The molecule has 124 valence electrons. The summed E-state index contributed by atoms with van der Waals surface area (Å²) in [7, 11) is 0. The number of carbonyl (C=O) groups is 2. The molecule has 0 spiro atoms. The van der Waals surface area contributed by atoms with Crippen molar-refractivity contribution < 1.29 is 9.59 Å². The van der Waals surface area contributed by atoms with Crippen LogP contribution in [-0.4, -0.2) is 28.2 Å². The molecule has 0 unspecified atom stereocenters. The lowest BCUT2D eigenvalue weighted by atomic mass is 10.1. The zero-order valence-electron chi connectivity index (χ0n) is 13.7. The molecule has 1 aliphatic heterocycles. The fourth-order valence-electron chi connectivity index (χ4n) is 3.08. The molecule has 25 heavy (non-hydrogen) atoms. The van der Waals surface area contributed by atoms with Crippen LogP contribution in [0, 0.1) is 6.92 Å². The molecule has 2 aromatic carbocycles. The highest BCUT2D eigenvalue weighted by molar-refractivity contribution is 7.13. The summed E-state index contributed by atoms with van der Waals surface area (Å²) in [5.41, 5.74) is 6.13. The van der Waals surface area contributed by atoms with E-state index in [-0.39, 0.29) is 11.8 Å². The first kappa shape index (κ1) is 15.7. The topological polar surface area (TPSA) is 50.3 Å². The second kappa shape index (κ2) is 6.26.